The zero-order valence-corrected chi connectivity index (χ0v) is 51.2. The summed E-state index contributed by atoms with van der Waals surface area (Å²) in [6, 6.07) is 26.8. The molecule has 0 saturated heterocycles. The number of hydrogen-bond donors (Lipinski definition) is 3. The number of fused-ring (bicyclic) bond motifs is 15. The second-order valence-corrected chi connectivity index (χ2v) is 29.5. The van der Waals surface area contributed by atoms with Gasteiger partial charge in [-0.1, -0.05) is 72.8 Å². The number of nitrogens with zero attached hydrogens (tertiary/aromatic N) is 9. The maximum atomic E-state index is 10.9. The molecule has 87 heavy (non-hydrogen) atoms. The predicted octanol–water partition coefficient (Wildman–Crippen LogP) is 12.0. The van der Waals surface area contributed by atoms with Crippen LogP contribution in [0, 0.1) is 51.8 Å². The molecule has 3 N–H and O–H groups in total. The molecule has 0 aliphatic heterocycles. The van der Waals surface area contributed by atoms with Crippen molar-refractivity contribution in [3.63, 3.8) is 0 Å². The van der Waals surface area contributed by atoms with E-state index in [1.807, 2.05) is 32.6 Å². The van der Waals surface area contributed by atoms with Crippen LogP contribution in [0.15, 0.2) is 91.4 Å². The van der Waals surface area contributed by atoms with Crippen LogP contribution in [0.25, 0.3) is 0 Å². The van der Waals surface area contributed by atoms with Crippen molar-refractivity contribution in [3.8, 4) is 17.2 Å². The first-order valence-corrected chi connectivity index (χ1v) is 33.4. The average Bonchev–Trinajstić information content (AvgIpc) is 2.53. The van der Waals surface area contributed by atoms with Crippen LogP contribution >= 0.6 is 0 Å². The highest BCUT2D eigenvalue weighted by molar-refractivity contribution is 5.44. The molecule has 0 unspecified atom stereocenters. The summed E-state index contributed by atoms with van der Waals surface area (Å²) in [6.45, 7) is 9.54. The third-order valence-electron chi connectivity index (χ3n) is 25.0. The Morgan fingerprint density at radius 2 is 0.713 bits per heavy atom. The van der Waals surface area contributed by atoms with Crippen molar-refractivity contribution in [1.82, 2.24) is 45.0 Å². The zero-order valence-electron chi connectivity index (χ0n) is 51.2. The standard InChI is InChI=1S/C72H87N9O6/c1-70-25-22-58-55-13-7-52(31-46(55)4-10-61(58)64(70)16-19-67(70)82)85-40-49-37-79(76-73-49)34-43-28-44(35-80-38-50(74-77-80)41-86-53-8-14-56-47(32-53)5-11-62-59(56)23-26-71(2)65(62)17-20-68(71)83)30-45(29-43)36-81-39-51(75-78-81)42-87-54-9-15-57-48(33-54)6-12-63-60(57)24-27-72(3)66(63)18-21-69(72)84/h7-9,13-15,28-33,37-39,58-69,82-84H,4-6,10-12,16-27,34-36,40-42H2,1-3H3/t58-,59-,60-,61-,62-,63-,64+,65+,66+,67+,68+,69+,70+,71+,72+/m1/s1. The number of benzene rings is 4. The van der Waals surface area contributed by atoms with Gasteiger partial charge in [-0.15, -0.1) is 15.3 Å². The lowest BCUT2D eigenvalue weighted by atomic mass is 9.55. The molecule has 15 atom stereocenters. The third-order valence-corrected chi connectivity index (χ3v) is 25.0. The van der Waals surface area contributed by atoms with Crippen LogP contribution in [-0.4, -0.2) is 78.6 Å². The molecule has 15 nitrogen and oxygen atoms in total. The van der Waals surface area contributed by atoms with Gasteiger partial charge < -0.3 is 29.5 Å². The van der Waals surface area contributed by atoms with E-state index in [0.29, 0.717) is 92.7 Å². The topological polar surface area (TPSA) is 181 Å². The van der Waals surface area contributed by atoms with Crippen molar-refractivity contribution in [3.05, 3.63) is 159 Å². The van der Waals surface area contributed by atoms with Gasteiger partial charge in [0.2, 0.25) is 0 Å². The van der Waals surface area contributed by atoms with E-state index in [1.54, 1.807) is 0 Å². The van der Waals surface area contributed by atoms with E-state index in [-0.39, 0.29) is 34.6 Å². The molecule has 0 radical (unpaired) electrons. The van der Waals surface area contributed by atoms with Gasteiger partial charge >= 0.3 is 0 Å². The summed E-state index contributed by atoms with van der Waals surface area (Å²) in [4.78, 5) is 0. The summed E-state index contributed by atoms with van der Waals surface area (Å²) in [6.07, 6.45) is 25.3. The average molecular weight is 1170 g/mol. The fourth-order valence-electron chi connectivity index (χ4n) is 20.5. The second-order valence-electron chi connectivity index (χ2n) is 29.5. The fourth-order valence-corrected chi connectivity index (χ4v) is 20.5. The summed E-state index contributed by atoms with van der Waals surface area (Å²) in [5, 5.41) is 60.2. The van der Waals surface area contributed by atoms with Crippen molar-refractivity contribution in [2.75, 3.05) is 0 Å². The Balaban J connectivity index is 0.586. The molecule has 15 heteroatoms. The molecule has 9 aliphatic carbocycles. The highest BCUT2D eigenvalue weighted by Gasteiger charge is 2.57. The Morgan fingerprint density at radius 1 is 0.402 bits per heavy atom. The minimum absolute atomic E-state index is 0.0780. The number of aromatic nitrogens is 9. The van der Waals surface area contributed by atoms with E-state index in [4.69, 9.17) is 14.2 Å². The summed E-state index contributed by atoms with van der Waals surface area (Å²) in [5.41, 5.74) is 14.4. The van der Waals surface area contributed by atoms with Gasteiger partial charge in [0.05, 0.1) is 56.5 Å². The van der Waals surface area contributed by atoms with E-state index in [1.165, 1.54) is 52.6 Å². The zero-order chi connectivity index (χ0) is 58.8. The predicted molar refractivity (Wildman–Crippen MR) is 328 cm³/mol. The Labute approximate surface area is 511 Å². The molecule has 0 bridgehead atoms. The highest BCUT2D eigenvalue weighted by atomic mass is 16.5. The second kappa shape index (κ2) is 22.0. The van der Waals surface area contributed by atoms with Crippen molar-refractivity contribution < 1.29 is 29.5 Å². The van der Waals surface area contributed by atoms with E-state index < -0.39 is 0 Å². The lowest BCUT2D eigenvalue weighted by molar-refractivity contribution is -0.0226. The third kappa shape index (κ3) is 10.0. The number of aryl methyl sites for hydroxylation is 3. The van der Waals surface area contributed by atoms with Gasteiger partial charge in [0.25, 0.3) is 0 Å². The van der Waals surface area contributed by atoms with Crippen LogP contribution < -0.4 is 14.2 Å². The fraction of sp³-hybridized carbons (Fsp3) is 0.583. The maximum absolute atomic E-state index is 10.9. The minimum atomic E-state index is -0.154. The molecule has 9 aliphatic rings. The summed E-state index contributed by atoms with van der Waals surface area (Å²) >= 11 is 0. The van der Waals surface area contributed by atoms with Crippen molar-refractivity contribution in [2.45, 2.75) is 212 Å². The highest BCUT2D eigenvalue weighted by Crippen LogP contribution is 2.64. The van der Waals surface area contributed by atoms with Crippen molar-refractivity contribution in [2.24, 2.45) is 51.8 Å². The molecule has 3 aromatic heterocycles. The molecule has 0 spiro atoms. The first-order valence-electron chi connectivity index (χ1n) is 33.4. The smallest absolute Gasteiger partial charge is 0.134 e. The number of aliphatic hydroxyl groups excluding tert-OH is 3. The number of aliphatic hydroxyl groups is 3. The van der Waals surface area contributed by atoms with Crippen LogP contribution in [0.5, 0.6) is 17.2 Å². The van der Waals surface area contributed by atoms with Crippen LogP contribution in [0.2, 0.25) is 0 Å². The Kier molecular flexibility index (Phi) is 14.1. The van der Waals surface area contributed by atoms with E-state index in [0.717, 1.165) is 147 Å². The molecular formula is C72H87N9O6. The van der Waals surface area contributed by atoms with Crippen LogP contribution in [0.4, 0.5) is 0 Å². The maximum Gasteiger partial charge on any atom is 0.134 e. The van der Waals surface area contributed by atoms with Gasteiger partial charge in [0.1, 0.15) is 54.2 Å². The van der Waals surface area contributed by atoms with Gasteiger partial charge in [0, 0.05) is 0 Å². The van der Waals surface area contributed by atoms with E-state index in [2.05, 4.69) is 125 Å². The largest absolute Gasteiger partial charge is 0.487 e. The normalized spacial score (nSPS) is 33.4. The molecule has 4 aromatic carbocycles. The lowest BCUT2D eigenvalue weighted by Crippen LogP contribution is -2.43. The Hall–Kier alpha value is -6.42. The number of ether oxygens (including phenoxy) is 3. The van der Waals surface area contributed by atoms with E-state index in [9.17, 15) is 15.3 Å². The molecular weight excluding hydrogens is 1090 g/mol. The van der Waals surface area contributed by atoms with Gasteiger partial charge in [-0.2, -0.15) is 0 Å². The monoisotopic (exact) mass is 1170 g/mol. The molecule has 456 valence electrons. The molecule has 6 saturated carbocycles. The number of hydrogen-bond acceptors (Lipinski definition) is 12. The summed E-state index contributed by atoms with van der Waals surface area (Å²) in [5.74, 6) is 8.15. The van der Waals surface area contributed by atoms with Crippen LogP contribution in [0.3, 0.4) is 0 Å². The van der Waals surface area contributed by atoms with Gasteiger partial charge in [-0.25, -0.2) is 14.0 Å². The van der Waals surface area contributed by atoms with Gasteiger partial charge in [0.15, 0.2) is 0 Å². The van der Waals surface area contributed by atoms with Crippen molar-refractivity contribution >= 4 is 0 Å². The number of rotatable bonds is 15. The van der Waals surface area contributed by atoms with Gasteiger partial charge in [-0.3, -0.25) is 0 Å². The molecule has 6 fully saturated rings. The SMILES string of the molecule is C[C@]12CC[C@@H]3c4ccc(OCc5cn(Cc6cc(Cn7cc(COc8ccc9c(c8)CC[C@@H]8[C@@H]9CC[C@]9(C)[C@@H](O)CC[C@@H]89)nn7)cc(Cn7cc(COc8ccc9c(c8)CC[C@@H]8[C@@H]9CC[C@]9(C)[C@@H](O)CC[C@@H]89)nn7)c6)nn5)cc4CC[C@H]3[C@@H]1CC[C@@H]2O. The Morgan fingerprint density at radius 3 is 1.02 bits per heavy atom. The molecule has 3 heterocycles. The first-order chi connectivity index (χ1) is 42.3. The Bertz CT molecular complexity index is 3320. The molecule has 0 amide bonds. The molecule has 7 aromatic rings. The first kappa shape index (κ1) is 55.9. The summed E-state index contributed by atoms with van der Waals surface area (Å²) in [7, 11) is 0. The minimum Gasteiger partial charge on any atom is -0.487 e. The van der Waals surface area contributed by atoms with Gasteiger partial charge in [-0.05, 0) is 272 Å². The lowest BCUT2D eigenvalue weighted by Gasteiger charge is -2.50. The van der Waals surface area contributed by atoms with Crippen LogP contribution in [-0.2, 0) is 58.7 Å². The quantitative estimate of drug-likeness (QED) is 0.0885. The molecule has 16 rings (SSSR count). The van der Waals surface area contributed by atoms with Crippen LogP contribution in [0.1, 0.15) is 202 Å². The van der Waals surface area contributed by atoms with E-state index >= 15 is 0 Å². The van der Waals surface area contributed by atoms with Crippen molar-refractivity contribution in [1.29, 1.82) is 0 Å². The summed E-state index contributed by atoms with van der Waals surface area (Å²) < 4.78 is 24.9.